The Morgan fingerprint density at radius 2 is 1.76 bits per heavy atom. The Hall–Kier alpha value is -1.96. The van der Waals surface area contributed by atoms with E-state index >= 15 is 0 Å². The van der Waals surface area contributed by atoms with Crippen molar-refractivity contribution < 1.29 is 4.79 Å². The molecule has 0 aliphatic carbocycles. The molecule has 4 rings (SSSR count). The Labute approximate surface area is 177 Å². The minimum absolute atomic E-state index is 0.0529. The number of likely N-dealkylation sites (N-methyl/N-ethyl adjacent to an activating group) is 1. The summed E-state index contributed by atoms with van der Waals surface area (Å²) in [5.41, 5.74) is 8.12. The van der Waals surface area contributed by atoms with Gasteiger partial charge in [-0.15, -0.1) is 11.3 Å². The summed E-state index contributed by atoms with van der Waals surface area (Å²) in [4.78, 5) is 24.6. The fourth-order valence-corrected chi connectivity index (χ4v) is 5.36. The zero-order valence-electron chi connectivity index (χ0n) is 17.4. The summed E-state index contributed by atoms with van der Waals surface area (Å²) in [6, 6.07) is 10.5. The first kappa shape index (κ1) is 20.3. The van der Waals surface area contributed by atoms with Gasteiger partial charge in [-0.1, -0.05) is 30.3 Å². The second-order valence-corrected chi connectivity index (χ2v) is 9.25. The summed E-state index contributed by atoms with van der Waals surface area (Å²) in [5, 5.41) is 2.70. The van der Waals surface area contributed by atoms with Gasteiger partial charge in [-0.3, -0.25) is 9.69 Å². The third kappa shape index (κ3) is 4.04. The van der Waals surface area contributed by atoms with Crippen molar-refractivity contribution in [3.05, 3.63) is 47.0 Å². The lowest BCUT2D eigenvalue weighted by Crippen LogP contribution is -2.55. The highest BCUT2D eigenvalue weighted by atomic mass is 32.1. The maximum atomic E-state index is 13.2. The fraction of sp³-hybridized carbons (Fsp3) is 0.545. The number of hydrogen-bond donors (Lipinski definition) is 1. The molecule has 6 nitrogen and oxygen atoms in total. The zero-order chi connectivity index (χ0) is 20.4. The van der Waals surface area contributed by atoms with E-state index in [9.17, 15) is 4.79 Å². The minimum atomic E-state index is -0.163. The fourth-order valence-electron chi connectivity index (χ4n) is 4.70. The summed E-state index contributed by atoms with van der Waals surface area (Å²) < 4.78 is 0. The van der Waals surface area contributed by atoms with Crippen LogP contribution >= 0.6 is 11.3 Å². The SMILES string of the molecule is CC(C(=O)N1CCC(c2ccccc2)(c2csc(N)n2)CC1)N1CCN(C)CC1. The molecule has 2 saturated heterocycles. The number of anilines is 1. The van der Waals surface area contributed by atoms with E-state index in [1.54, 1.807) is 0 Å². The van der Waals surface area contributed by atoms with Crippen molar-refractivity contribution in [1.82, 2.24) is 19.7 Å². The summed E-state index contributed by atoms with van der Waals surface area (Å²) in [6.07, 6.45) is 1.75. The molecule has 2 fully saturated rings. The molecule has 1 atom stereocenters. The molecule has 1 aromatic heterocycles. The third-order valence-electron chi connectivity index (χ3n) is 6.71. The standard InChI is InChI=1S/C22H31N5OS/c1-17(26-14-12-25(2)13-15-26)20(28)27-10-8-22(9-11-27,18-6-4-3-5-7-18)19-16-29-21(23)24-19/h3-7,16-17H,8-15H2,1-2H3,(H2,23,24). The Kier molecular flexibility index (Phi) is 5.90. The second-order valence-electron chi connectivity index (χ2n) is 8.36. The molecule has 0 bridgehead atoms. The number of piperazine rings is 1. The summed E-state index contributed by atoms with van der Waals surface area (Å²) >= 11 is 1.50. The maximum Gasteiger partial charge on any atom is 0.239 e. The first-order valence-electron chi connectivity index (χ1n) is 10.5. The number of nitrogens with zero attached hydrogens (tertiary/aromatic N) is 4. The summed E-state index contributed by atoms with van der Waals surface area (Å²) in [6.45, 7) is 7.55. The van der Waals surface area contributed by atoms with Gasteiger partial charge in [0.1, 0.15) is 0 Å². The topological polar surface area (TPSA) is 65.7 Å². The zero-order valence-corrected chi connectivity index (χ0v) is 18.2. The Balaban J connectivity index is 1.49. The lowest BCUT2D eigenvalue weighted by atomic mass is 9.70. The van der Waals surface area contributed by atoms with Gasteiger partial charge in [0.2, 0.25) is 5.91 Å². The Bertz CT molecular complexity index is 823. The molecule has 2 aliphatic heterocycles. The van der Waals surface area contributed by atoms with E-state index in [0.717, 1.165) is 57.8 Å². The Morgan fingerprint density at radius 1 is 1.10 bits per heavy atom. The molecule has 2 aliphatic rings. The van der Waals surface area contributed by atoms with Gasteiger partial charge in [0.05, 0.1) is 11.7 Å². The number of likely N-dealkylation sites (tertiary alicyclic amines) is 1. The lowest BCUT2D eigenvalue weighted by molar-refractivity contribution is -0.138. The number of thiazole rings is 1. The van der Waals surface area contributed by atoms with Crippen LogP contribution in [-0.2, 0) is 10.2 Å². The molecule has 0 radical (unpaired) electrons. The predicted octanol–water partition coefficient (Wildman–Crippen LogP) is 2.27. The number of hydrogen-bond acceptors (Lipinski definition) is 6. The van der Waals surface area contributed by atoms with Gasteiger partial charge >= 0.3 is 0 Å². The molecular formula is C22H31N5OS. The minimum Gasteiger partial charge on any atom is -0.375 e. The number of benzene rings is 1. The van der Waals surface area contributed by atoms with Crippen LogP contribution in [0.15, 0.2) is 35.7 Å². The second kappa shape index (κ2) is 8.42. The molecule has 2 N–H and O–H groups in total. The number of aromatic nitrogens is 1. The summed E-state index contributed by atoms with van der Waals surface area (Å²) in [7, 11) is 2.14. The molecule has 0 saturated carbocycles. The van der Waals surface area contributed by atoms with Crippen molar-refractivity contribution in [2.24, 2.45) is 0 Å². The average molecular weight is 414 g/mol. The van der Waals surface area contributed by atoms with Crippen molar-refractivity contribution in [1.29, 1.82) is 0 Å². The Morgan fingerprint density at radius 3 is 2.34 bits per heavy atom. The van der Waals surface area contributed by atoms with Gasteiger partial charge in [-0.2, -0.15) is 0 Å². The molecule has 29 heavy (non-hydrogen) atoms. The van der Waals surface area contributed by atoms with E-state index in [2.05, 4.69) is 63.3 Å². The van der Waals surface area contributed by atoms with Crippen LogP contribution in [0.2, 0.25) is 0 Å². The van der Waals surface area contributed by atoms with Crippen LogP contribution in [0.5, 0.6) is 0 Å². The van der Waals surface area contributed by atoms with Crippen molar-refractivity contribution in [3.63, 3.8) is 0 Å². The van der Waals surface area contributed by atoms with E-state index < -0.39 is 0 Å². The van der Waals surface area contributed by atoms with Crippen molar-refractivity contribution in [2.45, 2.75) is 31.2 Å². The van der Waals surface area contributed by atoms with Crippen LogP contribution in [0, 0.1) is 0 Å². The monoisotopic (exact) mass is 413 g/mol. The van der Waals surface area contributed by atoms with Crippen LogP contribution < -0.4 is 5.73 Å². The van der Waals surface area contributed by atoms with E-state index in [-0.39, 0.29) is 17.4 Å². The van der Waals surface area contributed by atoms with E-state index in [4.69, 9.17) is 5.73 Å². The number of amides is 1. The molecule has 0 spiro atoms. The summed E-state index contributed by atoms with van der Waals surface area (Å²) in [5.74, 6) is 0.258. The van der Waals surface area contributed by atoms with Gasteiger partial charge in [-0.05, 0) is 32.4 Å². The molecule has 3 heterocycles. The number of nitrogen functional groups attached to an aromatic ring is 1. The molecule has 1 amide bonds. The van der Waals surface area contributed by atoms with Gasteiger partial charge < -0.3 is 15.5 Å². The quantitative estimate of drug-likeness (QED) is 0.833. The lowest BCUT2D eigenvalue weighted by Gasteiger charge is -2.43. The van der Waals surface area contributed by atoms with Crippen LogP contribution in [-0.4, -0.2) is 77.9 Å². The maximum absolute atomic E-state index is 13.2. The molecule has 2 aromatic rings. The van der Waals surface area contributed by atoms with Gasteiger partial charge in [0.15, 0.2) is 5.13 Å². The molecule has 7 heteroatoms. The molecule has 1 unspecified atom stereocenters. The first-order chi connectivity index (χ1) is 14.0. The van der Waals surface area contributed by atoms with Gasteiger partial charge in [0, 0.05) is 50.1 Å². The van der Waals surface area contributed by atoms with E-state index in [0.29, 0.717) is 5.13 Å². The van der Waals surface area contributed by atoms with Crippen LogP contribution in [0.1, 0.15) is 31.0 Å². The van der Waals surface area contributed by atoms with E-state index in [1.165, 1.54) is 16.9 Å². The highest BCUT2D eigenvalue weighted by Crippen LogP contribution is 2.42. The van der Waals surface area contributed by atoms with Gasteiger partial charge in [0.25, 0.3) is 0 Å². The average Bonchev–Trinajstić information content (AvgIpc) is 3.21. The third-order valence-corrected chi connectivity index (χ3v) is 7.38. The van der Waals surface area contributed by atoms with Crippen LogP contribution in [0.4, 0.5) is 5.13 Å². The van der Waals surface area contributed by atoms with Crippen molar-refractivity contribution in [3.8, 4) is 0 Å². The highest BCUT2D eigenvalue weighted by molar-refractivity contribution is 7.13. The predicted molar refractivity (Wildman–Crippen MR) is 118 cm³/mol. The number of carbonyl (C=O) groups excluding carboxylic acids is 1. The highest BCUT2D eigenvalue weighted by Gasteiger charge is 2.41. The molecule has 156 valence electrons. The molecule has 1 aromatic carbocycles. The number of carbonyl (C=O) groups is 1. The van der Waals surface area contributed by atoms with Crippen LogP contribution in [0.25, 0.3) is 0 Å². The smallest absolute Gasteiger partial charge is 0.239 e. The normalized spacial score (nSPS) is 21.8. The van der Waals surface area contributed by atoms with E-state index in [1.807, 2.05) is 6.07 Å². The molecular weight excluding hydrogens is 382 g/mol. The number of piperidine rings is 1. The number of nitrogens with two attached hydrogens (primary N) is 1. The van der Waals surface area contributed by atoms with Crippen molar-refractivity contribution in [2.75, 3.05) is 52.0 Å². The number of rotatable bonds is 4. The van der Waals surface area contributed by atoms with Gasteiger partial charge in [-0.25, -0.2) is 4.98 Å². The largest absolute Gasteiger partial charge is 0.375 e. The van der Waals surface area contributed by atoms with Crippen molar-refractivity contribution >= 4 is 22.4 Å². The van der Waals surface area contributed by atoms with Crippen LogP contribution in [0.3, 0.4) is 0 Å². The first-order valence-corrected chi connectivity index (χ1v) is 11.4.